The van der Waals surface area contributed by atoms with Gasteiger partial charge < -0.3 is 10.5 Å². The van der Waals surface area contributed by atoms with E-state index < -0.39 is 0 Å². The van der Waals surface area contributed by atoms with Crippen molar-refractivity contribution in [2.24, 2.45) is 0 Å². The first-order valence-corrected chi connectivity index (χ1v) is 5.10. The lowest BCUT2D eigenvalue weighted by Crippen LogP contribution is -1.95. The van der Waals surface area contributed by atoms with Crippen molar-refractivity contribution in [2.45, 2.75) is 6.92 Å². The van der Waals surface area contributed by atoms with E-state index in [1.54, 1.807) is 18.2 Å². The average Bonchev–Trinajstić information content (AvgIpc) is 2.36. The first-order valence-electron chi connectivity index (χ1n) is 5.10. The van der Waals surface area contributed by atoms with Crippen molar-refractivity contribution in [1.29, 1.82) is 5.26 Å². The fourth-order valence-electron chi connectivity index (χ4n) is 1.36. The zero-order valence-electron chi connectivity index (χ0n) is 9.34. The first-order chi connectivity index (χ1) is 8.20. The number of para-hydroxylation sites is 1. The van der Waals surface area contributed by atoms with E-state index in [-0.39, 0.29) is 0 Å². The molecule has 0 radical (unpaired) electrons. The molecular weight excluding hydrogens is 214 g/mol. The van der Waals surface area contributed by atoms with Crippen LogP contribution in [0.2, 0.25) is 0 Å². The molecule has 0 unspecified atom stereocenters. The zero-order chi connectivity index (χ0) is 12.3. The van der Waals surface area contributed by atoms with Crippen LogP contribution in [0.25, 0.3) is 0 Å². The molecule has 0 aliphatic rings. The lowest BCUT2D eigenvalue weighted by molar-refractivity contribution is 0.465. The predicted octanol–water partition coefficient (Wildman–Crippen LogP) is 2.64. The summed E-state index contributed by atoms with van der Waals surface area (Å²) in [5, 5.41) is 8.65. The molecule has 2 aromatic rings. The average molecular weight is 225 g/mol. The SMILES string of the molecule is Cc1cccc(Oc2ccc(C#N)cn2)c1N. The van der Waals surface area contributed by atoms with Crippen LogP contribution in [0.3, 0.4) is 0 Å². The largest absolute Gasteiger partial charge is 0.437 e. The summed E-state index contributed by atoms with van der Waals surface area (Å²) in [6.45, 7) is 1.91. The summed E-state index contributed by atoms with van der Waals surface area (Å²) >= 11 is 0. The van der Waals surface area contributed by atoms with Gasteiger partial charge in [-0.05, 0) is 24.6 Å². The highest BCUT2D eigenvalue weighted by molar-refractivity contribution is 5.58. The van der Waals surface area contributed by atoms with E-state index in [2.05, 4.69) is 4.98 Å². The molecule has 2 N–H and O–H groups in total. The Kier molecular flexibility index (Phi) is 2.93. The summed E-state index contributed by atoms with van der Waals surface area (Å²) in [6, 6.07) is 10.8. The number of nitrogens with two attached hydrogens (primary N) is 1. The van der Waals surface area contributed by atoms with Crippen LogP contribution in [-0.2, 0) is 0 Å². The Morgan fingerprint density at radius 2 is 2.12 bits per heavy atom. The van der Waals surface area contributed by atoms with Crippen LogP contribution >= 0.6 is 0 Å². The highest BCUT2D eigenvalue weighted by atomic mass is 16.5. The van der Waals surface area contributed by atoms with Crippen LogP contribution in [0.4, 0.5) is 5.69 Å². The molecule has 0 aliphatic heterocycles. The lowest BCUT2D eigenvalue weighted by atomic mass is 10.2. The summed E-state index contributed by atoms with van der Waals surface area (Å²) in [7, 11) is 0. The molecule has 4 nitrogen and oxygen atoms in total. The first kappa shape index (κ1) is 11.0. The topological polar surface area (TPSA) is 71.9 Å². The van der Waals surface area contributed by atoms with Crippen molar-refractivity contribution < 1.29 is 4.74 Å². The number of ether oxygens (including phenoxy) is 1. The fourth-order valence-corrected chi connectivity index (χ4v) is 1.36. The molecule has 0 bridgehead atoms. The third-order valence-electron chi connectivity index (χ3n) is 2.36. The minimum absolute atomic E-state index is 0.418. The second-order valence-corrected chi connectivity index (χ2v) is 3.59. The molecule has 0 aliphatic carbocycles. The van der Waals surface area contributed by atoms with Crippen LogP contribution < -0.4 is 10.5 Å². The number of pyridine rings is 1. The molecule has 4 heteroatoms. The number of aryl methyl sites for hydroxylation is 1. The quantitative estimate of drug-likeness (QED) is 0.797. The lowest BCUT2D eigenvalue weighted by Gasteiger charge is -2.08. The Labute approximate surface area is 99.3 Å². The molecule has 1 aromatic carbocycles. The van der Waals surface area contributed by atoms with Gasteiger partial charge in [0.2, 0.25) is 5.88 Å². The number of aromatic nitrogens is 1. The van der Waals surface area contributed by atoms with Gasteiger partial charge in [0.25, 0.3) is 0 Å². The van der Waals surface area contributed by atoms with Crippen molar-refractivity contribution in [3.8, 4) is 17.7 Å². The molecule has 0 amide bonds. The van der Waals surface area contributed by atoms with E-state index in [1.165, 1.54) is 6.20 Å². The minimum Gasteiger partial charge on any atom is -0.437 e. The zero-order valence-corrected chi connectivity index (χ0v) is 9.34. The monoisotopic (exact) mass is 225 g/mol. The molecule has 1 aromatic heterocycles. The van der Waals surface area contributed by atoms with Crippen LogP contribution in [-0.4, -0.2) is 4.98 Å². The highest BCUT2D eigenvalue weighted by Gasteiger charge is 2.04. The molecule has 1 heterocycles. The Hall–Kier alpha value is -2.54. The Balaban J connectivity index is 2.26. The number of nitrogens with zero attached hydrogens (tertiary/aromatic N) is 2. The number of rotatable bonds is 2. The second-order valence-electron chi connectivity index (χ2n) is 3.59. The summed E-state index contributed by atoms with van der Waals surface area (Å²) < 4.78 is 5.54. The van der Waals surface area contributed by atoms with Crippen LogP contribution in [0.1, 0.15) is 11.1 Å². The predicted molar refractivity (Wildman–Crippen MR) is 64.6 cm³/mol. The Bertz CT molecular complexity index is 570. The van der Waals surface area contributed by atoms with E-state index in [9.17, 15) is 0 Å². The number of nitrogen functional groups attached to an aromatic ring is 1. The van der Waals surface area contributed by atoms with Gasteiger partial charge in [-0.2, -0.15) is 5.26 Å². The highest BCUT2D eigenvalue weighted by Crippen LogP contribution is 2.28. The maximum absolute atomic E-state index is 8.65. The van der Waals surface area contributed by atoms with Gasteiger partial charge in [-0.25, -0.2) is 4.98 Å². The van der Waals surface area contributed by atoms with Gasteiger partial charge in [-0.1, -0.05) is 12.1 Å². The number of benzene rings is 1. The van der Waals surface area contributed by atoms with Gasteiger partial charge in [-0.15, -0.1) is 0 Å². The van der Waals surface area contributed by atoms with Crippen molar-refractivity contribution in [2.75, 3.05) is 5.73 Å². The smallest absolute Gasteiger partial charge is 0.219 e. The normalized spacial score (nSPS) is 9.65. The van der Waals surface area contributed by atoms with Gasteiger partial charge in [0.15, 0.2) is 5.75 Å². The van der Waals surface area contributed by atoms with E-state index in [4.69, 9.17) is 15.7 Å². The van der Waals surface area contributed by atoms with Gasteiger partial charge >= 0.3 is 0 Å². The van der Waals surface area contributed by atoms with Crippen molar-refractivity contribution in [3.63, 3.8) is 0 Å². The maximum Gasteiger partial charge on any atom is 0.219 e. The van der Waals surface area contributed by atoms with Gasteiger partial charge in [-0.3, -0.25) is 0 Å². The molecule has 0 atom stereocenters. The minimum atomic E-state index is 0.418. The van der Waals surface area contributed by atoms with Crippen molar-refractivity contribution >= 4 is 5.69 Å². The molecule has 84 valence electrons. The molecular formula is C13H11N3O. The molecule has 0 saturated heterocycles. The standard InChI is InChI=1S/C13H11N3O/c1-9-3-2-4-11(13(9)15)17-12-6-5-10(7-14)8-16-12/h2-6,8H,15H2,1H3. The van der Waals surface area contributed by atoms with E-state index >= 15 is 0 Å². The number of hydrogen-bond donors (Lipinski definition) is 1. The molecule has 0 saturated carbocycles. The Morgan fingerprint density at radius 3 is 2.76 bits per heavy atom. The van der Waals surface area contributed by atoms with Crippen LogP contribution in [0, 0.1) is 18.3 Å². The van der Waals surface area contributed by atoms with Gasteiger partial charge in [0, 0.05) is 12.3 Å². The van der Waals surface area contributed by atoms with Crippen molar-refractivity contribution in [3.05, 3.63) is 47.7 Å². The Morgan fingerprint density at radius 1 is 1.29 bits per heavy atom. The molecule has 2 rings (SSSR count). The van der Waals surface area contributed by atoms with Crippen LogP contribution in [0.15, 0.2) is 36.5 Å². The number of anilines is 1. The third kappa shape index (κ3) is 2.34. The van der Waals surface area contributed by atoms with E-state index in [0.717, 1.165) is 5.56 Å². The van der Waals surface area contributed by atoms with Gasteiger partial charge in [0.05, 0.1) is 11.3 Å². The number of hydrogen-bond acceptors (Lipinski definition) is 4. The molecule has 17 heavy (non-hydrogen) atoms. The van der Waals surface area contributed by atoms with E-state index in [1.807, 2.05) is 25.1 Å². The van der Waals surface area contributed by atoms with Crippen molar-refractivity contribution in [1.82, 2.24) is 4.98 Å². The summed E-state index contributed by atoms with van der Waals surface area (Å²) in [5.74, 6) is 0.989. The van der Waals surface area contributed by atoms with Crippen LogP contribution in [0.5, 0.6) is 11.6 Å². The molecule has 0 spiro atoms. The summed E-state index contributed by atoms with van der Waals surface area (Å²) in [5.41, 5.74) is 7.93. The molecule has 0 fully saturated rings. The fraction of sp³-hybridized carbons (Fsp3) is 0.0769. The summed E-state index contributed by atoms with van der Waals surface area (Å²) in [4.78, 5) is 4.02. The number of nitriles is 1. The van der Waals surface area contributed by atoms with E-state index in [0.29, 0.717) is 22.9 Å². The second kappa shape index (κ2) is 4.54. The van der Waals surface area contributed by atoms with Gasteiger partial charge in [0.1, 0.15) is 6.07 Å². The maximum atomic E-state index is 8.65. The third-order valence-corrected chi connectivity index (χ3v) is 2.36. The summed E-state index contributed by atoms with van der Waals surface area (Å²) in [6.07, 6.45) is 1.46.